The number of aryl methyl sites for hydroxylation is 2. The predicted octanol–water partition coefficient (Wildman–Crippen LogP) is 1.72. The molecule has 0 bridgehead atoms. The summed E-state index contributed by atoms with van der Waals surface area (Å²) < 4.78 is 7.12. The van der Waals surface area contributed by atoms with E-state index >= 15 is 0 Å². The van der Waals surface area contributed by atoms with E-state index in [4.69, 9.17) is 10.5 Å². The standard InChI is InChI=1S/C15H19N3O2/c1-18-10-9-17-14(18)8-11-20-15(19)7-4-12-2-5-13(16)6-3-12/h2-3,5-6,9-10H,4,7-8,11,16H2,1H3. The second-order valence-electron chi connectivity index (χ2n) is 4.67. The molecule has 0 aliphatic carbocycles. The second-order valence-corrected chi connectivity index (χ2v) is 4.67. The molecule has 0 aliphatic heterocycles. The zero-order valence-electron chi connectivity index (χ0n) is 11.6. The van der Waals surface area contributed by atoms with Crippen LogP contribution >= 0.6 is 0 Å². The SMILES string of the molecule is Cn1ccnc1CCOC(=O)CCc1ccc(N)cc1. The number of hydrogen-bond donors (Lipinski definition) is 1. The molecule has 1 aromatic heterocycles. The largest absolute Gasteiger partial charge is 0.465 e. The first-order valence-electron chi connectivity index (χ1n) is 6.61. The third-order valence-corrected chi connectivity index (χ3v) is 3.11. The number of aromatic nitrogens is 2. The Bertz CT molecular complexity index is 561. The average Bonchev–Trinajstić information content (AvgIpc) is 2.84. The predicted molar refractivity (Wildman–Crippen MR) is 77.0 cm³/mol. The summed E-state index contributed by atoms with van der Waals surface area (Å²) in [4.78, 5) is 15.8. The maximum Gasteiger partial charge on any atom is 0.306 e. The number of imidazole rings is 1. The van der Waals surface area contributed by atoms with Crippen LogP contribution in [0.1, 0.15) is 17.8 Å². The lowest BCUT2D eigenvalue weighted by molar-refractivity contribution is -0.143. The lowest BCUT2D eigenvalue weighted by Gasteiger charge is -2.05. The molecule has 0 amide bonds. The number of nitrogens with two attached hydrogens (primary N) is 1. The van der Waals surface area contributed by atoms with Gasteiger partial charge in [0.05, 0.1) is 6.61 Å². The Morgan fingerprint density at radius 2 is 2.05 bits per heavy atom. The number of ether oxygens (including phenoxy) is 1. The quantitative estimate of drug-likeness (QED) is 0.642. The van der Waals surface area contributed by atoms with Crippen molar-refractivity contribution in [1.82, 2.24) is 9.55 Å². The number of hydrogen-bond acceptors (Lipinski definition) is 4. The zero-order chi connectivity index (χ0) is 14.4. The van der Waals surface area contributed by atoms with Gasteiger partial charge in [-0.1, -0.05) is 12.1 Å². The number of rotatable bonds is 6. The van der Waals surface area contributed by atoms with Gasteiger partial charge in [0, 0.05) is 38.0 Å². The Morgan fingerprint density at radius 3 is 2.70 bits per heavy atom. The summed E-state index contributed by atoms with van der Waals surface area (Å²) in [6, 6.07) is 7.52. The van der Waals surface area contributed by atoms with Gasteiger partial charge in [0.25, 0.3) is 0 Å². The number of carbonyl (C=O) groups excluding carboxylic acids is 1. The molecule has 0 aliphatic rings. The van der Waals surface area contributed by atoms with Crippen molar-refractivity contribution in [1.29, 1.82) is 0 Å². The summed E-state index contributed by atoms with van der Waals surface area (Å²) in [5.74, 6) is 0.729. The van der Waals surface area contributed by atoms with Crippen molar-refractivity contribution < 1.29 is 9.53 Å². The van der Waals surface area contributed by atoms with E-state index in [1.807, 2.05) is 42.1 Å². The molecular formula is C15H19N3O2. The fraction of sp³-hybridized carbons (Fsp3) is 0.333. The Kier molecular flexibility index (Phi) is 4.76. The highest BCUT2D eigenvalue weighted by Gasteiger charge is 2.05. The van der Waals surface area contributed by atoms with E-state index in [1.165, 1.54) is 0 Å². The number of anilines is 1. The third-order valence-electron chi connectivity index (χ3n) is 3.11. The molecule has 0 fully saturated rings. The summed E-state index contributed by atoms with van der Waals surface area (Å²) in [6.45, 7) is 0.366. The molecule has 0 unspecified atom stereocenters. The Morgan fingerprint density at radius 1 is 1.30 bits per heavy atom. The molecule has 2 N–H and O–H groups in total. The fourth-order valence-electron chi connectivity index (χ4n) is 1.90. The van der Waals surface area contributed by atoms with Crippen LogP contribution in [0.25, 0.3) is 0 Å². The summed E-state index contributed by atoms with van der Waals surface area (Å²) in [7, 11) is 1.92. The van der Waals surface area contributed by atoms with Gasteiger partial charge < -0.3 is 15.0 Å². The monoisotopic (exact) mass is 273 g/mol. The van der Waals surface area contributed by atoms with Gasteiger partial charge in [-0.3, -0.25) is 4.79 Å². The Hall–Kier alpha value is -2.30. The van der Waals surface area contributed by atoms with Crippen molar-refractivity contribution >= 4 is 11.7 Å². The van der Waals surface area contributed by atoms with Crippen molar-refractivity contribution in [3.8, 4) is 0 Å². The van der Waals surface area contributed by atoms with Crippen molar-refractivity contribution in [3.63, 3.8) is 0 Å². The van der Waals surface area contributed by atoms with Crippen molar-refractivity contribution in [2.75, 3.05) is 12.3 Å². The van der Waals surface area contributed by atoms with Gasteiger partial charge in [0.2, 0.25) is 0 Å². The maximum absolute atomic E-state index is 11.6. The summed E-state index contributed by atoms with van der Waals surface area (Å²) in [6.07, 6.45) is 5.29. The van der Waals surface area contributed by atoms with Crippen LogP contribution in [0.15, 0.2) is 36.7 Å². The molecule has 5 heteroatoms. The number of nitrogen functional groups attached to an aromatic ring is 1. The second kappa shape index (κ2) is 6.75. The molecule has 106 valence electrons. The molecule has 0 saturated carbocycles. The Labute approximate surface area is 118 Å². The first-order chi connectivity index (χ1) is 9.65. The van der Waals surface area contributed by atoms with E-state index < -0.39 is 0 Å². The van der Waals surface area contributed by atoms with E-state index in [9.17, 15) is 4.79 Å². The minimum absolute atomic E-state index is 0.184. The summed E-state index contributed by atoms with van der Waals surface area (Å²) in [5.41, 5.74) is 7.42. The molecule has 20 heavy (non-hydrogen) atoms. The molecule has 0 saturated heterocycles. The Balaban J connectivity index is 1.68. The molecule has 5 nitrogen and oxygen atoms in total. The van der Waals surface area contributed by atoms with Crippen LogP contribution in [-0.4, -0.2) is 22.1 Å². The van der Waals surface area contributed by atoms with Crippen LogP contribution in [0.5, 0.6) is 0 Å². The smallest absolute Gasteiger partial charge is 0.306 e. The van der Waals surface area contributed by atoms with Crippen LogP contribution in [-0.2, 0) is 29.4 Å². The van der Waals surface area contributed by atoms with Crippen LogP contribution in [0, 0.1) is 0 Å². The van der Waals surface area contributed by atoms with Crippen molar-refractivity contribution in [2.45, 2.75) is 19.3 Å². The van der Waals surface area contributed by atoms with E-state index in [0.29, 0.717) is 25.9 Å². The maximum atomic E-state index is 11.6. The van der Waals surface area contributed by atoms with Crippen molar-refractivity contribution in [3.05, 3.63) is 48.0 Å². The van der Waals surface area contributed by atoms with E-state index in [2.05, 4.69) is 4.98 Å². The number of nitrogens with zero attached hydrogens (tertiary/aromatic N) is 2. The third kappa shape index (κ3) is 4.12. The van der Waals surface area contributed by atoms with Gasteiger partial charge in [-0.15, -0.1) is 0 Å². The van der Waals surface area contributed by atoms with E-state index in [0.717, 1.165) is 17.1 Å². The van der Waals surface area contributed by atoms with Crippen LogP contribution < -0.4 is 5.73 Å². The molecule has 2 aromatic rings. The molecule has 1 heterocycles. The minimum atomic E-state index is -0.184. The highest BCUT2D eigenvalue weighted by Crippen LogP contribution is 2.08. The van der Waals surface area contributed by atoms with Gasteiger partial charge in [0.1, 0.15) is 5.82 Å². The highest BCUT2D eigenvalue weighted by molar-refractivity contribution is 5.69. The number of benzene rings is 1. The molecular weight excluding hydrogens is 254 g/mol. The van der Waals surface area contributed by atoms with Crippen LogP contribution in [0.2, 0.25) is 0 Å². The molecule has 0 radical (unpaired) electrons. The lowest BCUT2D eigenvalue weighted by atomic mass is 10.1. The molecule has 0 spiro atoms. The first kappa shape index (κ1) is 14.1. The molecule has 2 rings (SSSR count). The van der Waals surface area contributed by atoms with E-state index in [1.54, 1.807) is 6.20 Å². The minimum Gasteiger partial charge on any atom is -0.465 e. The normalized spacial score (nSPS) is 10.4. The molecule has 0 atom stereocenters. The van der Waals surface area contributed by atoms with E-state index in [-0.39, 0.29) is 5.97 Å². The first-order valence-corrected chi connectivity index (χ1v) is 6.61. The molecule has 1 aromatic carbocycles. The van der Waals surface area contributed by atoms with Crippen LogP contribution in [0.4, 0.5) is 5.69 Å². The van der Waals surface area contributed by atoms with Gasteiger partial charge in [0.15, 0.2) is 0 Å². The van der Waals surface area contributed by atoms with Gasteiger partial charge in [-0.2, -0.15) is 0 Å². The lowest BCUT2D eigenvalue weighted by Crippen LogP contribution is -2.10. The number of carbonyl (C=O) groups is 1. The van der Waals surface area contributed by atoms with Gasteiger partial charge >= 0.3 is 5.97 Å². The van der Waals surface area contributed by atoms with Gasteiger partial charge in [-0.25, -0.2) is 4.98 Å². The number of esters is 1. The highest BCUT2D eigenvalue weighted by atomic mass is 16.5. The average molecular weight is 273 g/mol. The zero-order valence-corrected chi connectivity index (χ0v) is 11.6. The topological polar surface area (TPSA) is 70.1 Å². The van der Waals surface area contributed by atoms with Crippen LogP contribution in [0.3, 0.4) is 0 Å². The summed E-state index contributed by atoms with van der Waals surface area (Å²) in [5, 5.41) is 0. The fourth-order valence-corrected chi connectivity index (χ4v) is 1.90. The van der Waals surface area contributed by atoms with Crippen molar-refractivity contribution in [2.24, 2.45) is 7.05 Å². The van der Waals surface area contributed by atoms with Gasteiger partial charge in [-0.05, 0) is 24.1 Å². The summed E-state index contributed by atoms with van der Waals surface area (Å²) >= 11 is 0.